The summed E-state index contributed by atoms with van der Waals surface area (Å²) in [5, 5.41) is 16.8. The zero-order valence-electron chi connectivity index (χ0n) is 24.3. The fourth-order valence-electron chi connectivity index (χ4n) is 8.49. The van der Waals surface area contributed by atoms with Crippen molar-refractivity contribution < 1.29 is 9.50 Å². The van der Waals surface area contributed by atoms with Crippen molar-refractivity contribution in [3.05, 3.63) is 65.5 Å². The number of fused-ring (bicyclic) bond motifs is 5. The van der Waals surface area contributed by atoms with Crippen LogP contribution in [0.3, 0.4) is 0 Å². The van der Waals surface area contributed by atoms with E-state index in [0.717, 1.165) is 66.4 Å². The van der Waals surface area contributed by atoms with Crippen LogP contribution in [0.2, 0.25) is 0 Å². The van der Waals surface area contributed by atoms with Crippen LogP contribution in [0.4, 0.5) is 4.39 Å². The number of pyridine rings is 1. The van der Waals surface area contributed by atoms with Gasteiger partial charge in [0.25, 0.3) is 0 Å². The van der Waals surface area contributed by atoms with Gasteiger partial charge in [-0.1, -0.05) is 31.2 Å². The molecule has 0 spiro atoms. The molecule has 0 saturated carbocycles. The highest BCUT2D eigenvalue weighted by atomic mass is 19.1. The van der Waals surface area contributed by atoms with Crippen molar-refractivity contribution in [2.75, 3.05) is 13.1 Å². The zero-order valence-corrected chi connectivity index (χ0v) is 24.3. The van der Waals surface area contributed by atoms with Gasteiger partial charge in [0.1, 0.15) is 22.8 Å². The van der Waals surface area contributed by atoms with E-state index in [2.05, 4.69) is 29.3 Å². The van der Waals surface area contributed by atoms with E-state index < -0.39 is 5.82 Å². The third-order valence-corrected chi connectivity index (χ3v) is 10.5. The first-order valence-electron chi connectivity index (χ1n) is 15.8. The van der Waals surface area contributed by atoms with E-state index in [1.54, 1.807) is 18.3 Å². The van der Waals surface area contributed by atoms with Crippen molar-refractivity contribution in [3.8, 4) is 17.0 Å². The second kappa shape index (κ2) is 10.1. The van der Waals surface area contributed by atoms with Crippen LogP contribution in [-0.4, -0.2) is 55.7 Å². The molecule has 4 aromatic rings. The number of rotatable bonds is 6. The summed E-state index contributed by atoms with van der Waals surface area (Å²) in [5.41, 5.74) is 4.55. The molecule has 2 aromatic heterocycles. The number of benzene rings is 2. The summed E-state index contributed by atoms with van der Waals surface area (Å²) in [6.45, 7) is 4.47. The van der Waals surface area contributed by atoms with Gasteiger partial charge in [-0.25, -0.2) is 14.4 Å². The highest BCUT2D eigenvalue weighted by molar-refractivity contribution is 6.01. The summed E-state index contributed by atoms with van der Waals surface area (Å²) in [6.07, 6.45) is 14.8. The molecular weight excluding hydrogens is 525 g/mol. The summed E-state index contributed by atoms with van der Waals surface area (Å²) in [6, 6.07) is 10.2. The van der Waals surface area contributed by atoms with Gasteiger partial charge in [0, 0.05) is 41.2 Å². The lowest BCUT2D eigenvalue weighted by molar-refractivity contribution is 0.181. The molecule has 0 amide bonds. The first-order valence-corrected chi connectivity index (χ1v) is 15.8. The molecule has 7 heteroatoms. The van der Waals surface area contributed by atoms with Gasteiger partial charge in [-0.3, -0.25) is 9.88 Å². The van der Waals surface area contributed by atoms with E-state index in [9.17, 15) is 5.11 Å². The first-order chi connectivity index (χ1) is 20.5. The SMILES string of the molecule is CCc1cccc2cc(O)cc(-c3ncc4c(C5=CC6CCC(C5)N6)nc(CCC56CCCN5CCC6)nc4c3F)c12. The number of phenolic OH excluding ortho intramolecular Hbond substituents is 1. The van der Waals surface area contributed by atoms with Crippen LogP contribution in [0, 0.1) is 5.82 Å². The van der Waals surface area contributed by atoms with Crippen molar-refractivity contribution in [2.45, 2.75) is 88.8 Å². The van der Waals surface area contributed by atoms with E-state index in [4.69, 9.17) is 15.0 Å². The summed E-state index contributed by atoms with van der Waals surface area (Å²) < 4.78 is 16.8. The van der Waals surface area contributed by atoms with E-state index in [1.165, 1.54) is 44.3 Å². The molecule has 6 nitrogen and oxygen atoms in total. The van der Waals surface area contributed by atoms with Crippen molar-refractivity contribution in [2.24, 2.45) is 0 Å². The largest absolute Gasteiger partial charge is 0.508 e. The Hall–Kier alpha value is -3.42. The van der Waals surface area contributed by atoms with Gasteiger partial charge in [-0.2, -0.15) is 0 Å². The fraction of sp³-hybridized carbons (Fsp3) is 0.457. The number of nitrogens with zero attached hydrogens (tertiary/aromatic N) is 4. The Bertz CT molecular complexity index is 1740. The van der Waals surface area contributed by atoms with Gasteiger partial charge in [0.2, 0.25) is 0 Å². The van der Waals surface area contributed by atoms with Gasteiger partial charge >= 0.3 is 0 Å². The minimum atomic E-state index is -0.436. The van der Waals surface area contributed by atoms with Crippen LogP contribution >= 0.6 is 0 Å². The lowest BCUT2D eigenvalue weighted by Crippen LogP contribution is -2.38. The monoisotopic (exact) mass is 563 g/mol. The molecule has 6 heterocycles. The average Bonchev–Trinajstić information content (AvgIpc) is 3.68. The van der Waals surface area contributed by atoms with Crippen molar-refractivity contribution in [3.63, 3.8) is 0 Å². The molecule has 0 aliphatic carbocycles. The second-order valence-electron chi connectivity index (χ2n) is 12.9. The van der Waals surface area contributed by atoms with Crippen molar-refractivity contribution >= 4 is 27.2 Å². The van der Waals surface area contributed by atoms with E-state index in [-0.39, 0.29) is 17.0 Å². The van der Waals surface area contributed by atoms with Crippen LogP contribution in [-0.2, 0) is 12.8 Å². The quantitative estimate of drug-likeness (QED) is 0.271. The summed E-state index contributed by atoms with van der Waals surface area (Å²) in [5.74, 6) is 0.390. The number of aromatic nitrogens is 3. The van der Waals surface area contributed by atoms with Crippen molar-refractivity contribution in [1.82, 2.24) is 25.2 Å². The van der Waals surface area contributed by atoms with Crippen LogP contribution < -0.4 is 5.32 Å². The molecule has 42 heavy (non-hydrogen) atoms. The van der Waals surface area contributed by atoms with Gasteiger partial charge in [-0.05, 0) is 105 Å². The van der Waals surface area contributed by atoms with Crippen LogP contribution in [0.5, 0.6) is 5.75 Å². The molecule has 2 N–H and O–H groups in total. The maximum Gasteiger partial charge on any atom is 0.175 e. The average molecular weight is 564 g/mol. The maximum atomic E-state index is 16.8. The number of nitrogens with one attached hydrogen (secondary N) is 1. The molecule has 4 aliphatic heterocycles. The summed E-state index contributed by atoms with van der Waals surface area (Å²) >= 11 is 0. The van der Waals surface area contributed by atoms with Gasteiger partial charge < -0.3 is 10.4 Å². The number of hydrogen-bond donors (Lipinski definition) is 2. The molecule has 3 saturated heterocycles. The summed E-state index contributed by atoms with van der Waals surface area (Å²) in [4.78, 5) is 17.5. The van der Waals surface area contributed by atoms with E-state index in [0.29, 0.717) is 28.6 Å². The van der Waals surface area contributed by atoms with Crippen LogP contribution in [0.25, 0.3) is 38.5 Å². The molecule has 2 aromatic carbocycles. The lowest BCUT2D eigenvalue weighted by Gasteiger charge is -2.32. The predicted molar refractivity (Wildman–Crippen MR) is 165 cm³/mol. The Morgan fingerprint density at radius 2 is 1.95 bits per heavy atom. The Morgan fingerprint density at radius 1 is 1.10 bits per heavy atom. The minimum absolute atomic E-state index is 0.100. The Balaban J connectivity index is 1.29. The number of aryl methyl sites for hydroxylation is 2. The fourth-order valence-corrected chi connectivity index (χ4v) is 8.49. The molecule has 2 atom stereocenters. The van der Waals surface area contributed by atoms with E-state index in [1.807, 2.05) is 12.1 Å². The first kappa shape index (κ1) is 26.2. The number of hydrogen-bond acceptors (Lipinski definition) is 6. The molecule has 4 aliphatic rings. The second-order valence-corrected chi connectivity index (χ2v) is 12.9. The van der Waals surface area contributed by atoms with Crippen LogP contribution in [0.15, 0.2) is 42.6 Å². The smallest absolute Gasteiger partial charge is 0.175 e. The Labute approximate surface area is 246 Å². The van der Waals surface area contributed by atoms with E-state index >= 15 is 4.39 Å². The zero-order chi connectivity index (χ0) is 28.4. The Kier molecular flexibility index (Phi) is 6.30. The topological polar surface area (TPSA) is 74.2 Å². The lowest BCUT2D eigenvalue weighted by atomic mass is 9.88. The Morgan fingerprint density at radius 3 is 2.76 bits per heavy atom. The molecule has 2 unspecified atom stereocenters. The minimum Gasteiger partial charge on any atom is -0.508 e. The van der Waals surface area contributed by atoms with Gasteiger partial charge in [0.05, 0.1) is 5.69 Å². The third kappa shape index (κ3) is 4.23. The number of phenols is 1. The molecule has 8 rings (SSSR count). The predicted octanol–water partition coefficient (Wildman–Crippen LogP) is 6.72. The molecule has 216 valence electrons. The summed E-state index contributed by atoms with van der Waals surface area (Å²) in [7, 11) is 0. The van der Waals surface area contributed by atoms with Gasteiger partial charge in [-0.15, -0.1) is 0 Å². The normalized spacial score (nSPS) is 23.1. The van der Waals surface area contributed by atoms with Crippen molar-refractivity contribution in [1.29, 1.82) is 0 Å². The molecule has 3 fully saturated rings. The van der Waals surface area contributed by atoms with Crippen LogP contribution in [0.1, 0.15) is 75.4 Å². The third-order valence-electron chi connectivity index (χ3n) is 10.5. The highest BCUT2D eigenvalue weighted by Gasteiger charge is 2.43. The molecule has 2 bridgehead atoms. The highest BCUT2D eigenvalue weighted by Crippen LogP contribution is 2.43. The number of halogens is 1. The molecular formula is C35H38FN5O. The number of aromatic hydroxyl groups is 1. The maximum absolute atomic E-state index is 16.8. The van der Waals surface area contributed by atoms with Gasteiger partial charge in [0.15, 0.2) is 5.82 Å². The standard InChI is InChI=1S/C35H38FN5O/c1-2-21-6-3-7-22-18-26(42)19-27(30(21)22)33-31(36)34-28(20-37-33)32(23-16-24-8-9-25(17-23)38-24)39-29(40-34)10-13-35-11-4-14-41(35)15-5-12-35/h3,6-7,16,18-20,24-25,38,42H,2,4-5,8-15,17H2,1H3. The molecule has 0 radical (unpaired) electrons.